The number of nitro benzene ring substituents is 1. The van der Waals surface area contributed by atoms with Gasteiger partial charge in [0.05, 0.1) is 40.6 Å². The van der Waals surface area contributed by atoms with Crippen LogP contribution in [-0.4, -0.2) is 60.4 Å². The van der Waals surface area contributed by atoms with Crippen molar-refractivity contribution < 1.29 is 29.5 Å². The summed E-state index contributed by atoms with van der Waals surface area (Å²) >= 11 is 0. The van der Waals surface area contributed by atoms with Gasteiger partial charge < -0.3 is 25.2 Å². The summed E-state index contributed by atoms with van der Waals surface area (Å²) in [5.41, 5.74) is 1.83. The van der Waals surface area contributed by atoms with E-state index in [9.17, 15) is 19.7 Å². The van der Waals surface area contributed by atoms with Gasteiger partial charge in [0.25, 0.3) is 5.69 Å². The lowest BCUT2D eigenvalue weighted by atomic mass is 10.1. The van der Waals surface area contributed by atoms with Crippen molar-refractivity contribution in [2.75, 3.05) is 43.6 Å². The number of nitro groups is 1. The summed E-state index contributed by atoms with van der Waals surface area (Å²) in [6.07, 6.45) is 0. The van der Waals surface area contributed by atoms with E-state index in [-0.39, 0.29) is 21.7 Å². The van der Waals surface area contributed by atoms with Crippen LogP contribution in [-0.2, 0) is 4.74 Å². The number of nitrogens with one attached hydrogen (secondary N) is 1. The Balaban J connectivity index is 0.000000221. The summed E-state index contributed by atoms with van der Waals surface area (Å²) < 4.78 is 5.29. The Kier molecular flexibility index (Phi) is 7.49. The van der Waals surface area contributed by atoms with Crippen molar-refractivity contribution in [3.8, 4) is 0 Å². The molecule has 0 aliphatic carbocycles. The number of carboxylic acids is 2. The van der Waals surface area contributed by atoms with Gasteiger partial charge in [-0.2, -0.15) is 0 Å². The van der Waals surface area contributed by atoms with Crippen molar-refractivity contribution in [1.82, 2.24) is 0 Å². The first-order valence-electron chi connectivity index (χ1n) is 8.69. The Labute approximate surface area is 166 Å². The number of ether oxygens (including phenoxy) is 1. The molecular formula is C19H21N3O7. The second-order valence-corrected chi connectivity index (χ2v) is 6.00. The Bertz CT molecular complexity index is 866. The van der Waals surface area contributed by atoms with Crippen molar-refractivity contribution >= 4 is 29.0 Å². The van der Waals surface area contributed by atoms with Gasteiger partial charge >= 0.3 is 11.9 Å². The van der Waals surface area contributed by atoms with Gasteiger partial charge in [0.1, 0.15) is 0 Å². The average molecular weight is 403 g/mol. The lowest BCUT2D eigenvalue weighted by molar-refractivity contribution is -0.384. The summed E-state index contributed by atoms with van der Waals surface area (Å²) in [4.78, 5) is 33.2. The lowest BCUT2D eigenvalue weighted by Gasteiger charge is -2.30. The number of rotatable bonds is 5. The molecule has 2 aromatic carbocycles. The van der Waals surface area contributed by atoms with Gasteiger partial charge in [-0.1, -0.05) is 6.07 Å². The molecule has 0 bridgehead atoms. The normalized spacial score (nSPS) is 13.1. The predicted molar refractivity (Wildman–Crippen MR) is 106 cm³/mol. The quantitative estimate of drug-likeness (QED) is 0.507. The Morgan fingerprint density at radius 2 is 1.66 bits per heavy atom. The number of aromatic carboxylic acids is 2. The number of carbonyl (C=O) groups is 2. The highest BCUT2D eigenvalue weighted by Crippen LogP contribution is 2.30. The van der Waals surface area contributed by atoms with Crippen LogP contribution in [0, 0.1) is 10.1 Å². The topological polar surface area (TPSA) is 142 Å². The standard InChI is InChI=1S/C11H15N3O3.C8H6O4/c1-12-10-8-9(14(15)16)2-3-11(10)13-4-6-17-7-5-13;9-7(10)5-2-1-3-6(4-5)8(11)12/h2-3,8,12H,4-7H2,1H3;1-4H,(H,9,10)(H,11,12). The molecule has 2 aromatic rings. The van der Waals surface area contributed by atoms with Crippen LogP contribution in [0.4, 0.5) is 17.1 Å². The molecule has 1 aliphatic rings. The summed E-state index contributed by atoms with van der Waals surface area (Å²) in [5.74, 6) is -2.25. The summed E-state index contributed by atoms with van der Waals surface area (Å²) in [5, 5.41) is 30.7. The van der Waals surface area contributed by atoms with Crippen molar-refractivity contribution in [1.29, 1.82) is 0 Å². The maximum Gasteiger partial charge on any atom is 0.335 e. The van der Waals surface area contributed by atoms with Crippen LogP contribution >= 0.6 is 0 Å². The van der Waals surface area contributed by atoms with E-state index in [2.05, 4.69) is 10.2 Å². The molecule has 3 rings (SSSR count). The largest absolute Gasteiger partial charge is 0.478 e. The molecule has 10 nitrogen and oxygen atoms in total. The number of hydrogen-bond donors (Lipinski definition) is 3. The maximum absolute atomic E-state index is 10.7. The molecule has 29 heavy (non-hydrogen) atoms. The molecule has 1 heterocycles. The highest BCUT2D eigenvalue weighted by molar-refractivity contribution is 5.93. The number of benzene rings is 2. The van der Waals surface area contributed by atoms with Crippen LogP contribution in [0.1, 0.15) is 20.7 Å². The van der Waals surface area contributed by atoms with Gasteiger partial charge in [0.2, 0.25) is 0 Å². The van der Waals surface area contributed by atoms with Crippen molar-refractivity contribution in [2.24, 2.45) is 0 Å². The molecular weight excluding hydrogens is 382 g/mol. The number of hydrogen-bond acceptors (Lipinski definition) is 7. The van der Waals surface area contributed by atoms with Gasteiger partial charge in [0, 0.05) is 32.3 Å². The number of anilines is 2. The highest BCUT2D eigenvalue weighted by atomic mass is 16.6. The SMILES string of the molecule is CNc1cc([N+](=O)[O-])ccc1N1CCOCC1.O=C(O)c1cccc(C(=O)O)c1. The van der Waals surface area contributed by atoms with Gasteiger partial charge in [-0.15, -0.1) is 0 Å². The molecule has 10 heteroatoms. The fraction of sp³-hybridized carbons (Fsp3) is 0.263. The van der Waals surface area contributed by atoms with E-state index in [0.717, 1.165) is 30.5 Å². The molecule has 0 radical (unpaired) electrons. The zero-order chi connectivity index (χ0) is 21.4. The molecule has 0 spiro atoms. The smallest absolute Gasteiger partial charge is 0.335 e. The van der Waals surface area contributed by atoms with Gasteiger partial charge in [-0.3, -0.25) is 10.1 Å². The second kappa shape index (κ2) is 10.0. The molecule has 1 saturated heterocycles. The maximum atomic E-state index is 10.7. The predicted octanol–water partition coefficient (Wildman–Crippen LogP) is 2.56. The first kappa shape index (κ1) is 21.6. The van der Waals surface area contributed by atoms with E-state index >= 15 is 0 Å². The number of non-ortho nitro benzene ring substituents is 1. The third kappa shape index (κ3) is 5.91. The van der Waals surface area contributed by atoms with E-state index in [4.69, 9.17) is 14.9 Å². The van der Waals surface area contributed by atoms with E-state index < -0.39 is 11.9 Å². The molecule has 0 amide bonds. The first-order chi connectivity index (χ1) is 13.8. The molecule has 1 aliphatic heterocycles. The van der Waals surface area contributed by atoms with Crippen LogP contribution in [0.5, 0.6) is 0 Å². The van der Waals surface area contributed by atoms with Crippen LogP contribution in [0.25, 0.3) is 0 Å². The molecule has 0 aromatic heterocycles. The van der Waals surface area contributed by atoms with E-state index in [1.807, 2.05) is 0 Å². The third-order valence-electron chi connectivity index (χ3n) is 4.17. The van der Waals surface area contributed by atoms with Crippen LogP contribution < -0.4 is 10.2 Å². The highest BCUT2D eigenvalue weighted by Gasteiger charge is 2.17. The van der Waals surface area contributed by atoms with Crippen LogP contribution in [0.2, 0.25) is 0 Å². The Hall–Kier alpha value is -3.66. The Morgan fingerprint density at radius 1 is 1.07 bits per heavy atom. The monoisotopic (exact) mass is 403 g/mol. The summed E-state index contributed by atoms with van der Waals surface area (Å²) in [6, 6.07) is 10.1. The van der Waals surface area contributed by atoms with Gasteiger partial charge in [-0.05, 0) is 24.3 Å². The first-order valence-corrected chi connectivity index (χ1v) is 8.69. The van der Waals surface area contributed by atoms with Crippen molar-refractivity contribution in [3.05, 3.63) is 63.7 Å². The van der Waals surface area contributed by atoms with Crippen molar-refractivity contribution in [2.45, 2.75) is 0 Å². The van der Waals surface area contributed by atoms with Crippen LogP contribution in [0.15, 0.2) is 42.5 Å². The number of morpholine rings is 1. The van der Waals surface area contributed by atoms with Crippen molar-refractivity contribution in [3.63, 3.8) is 0 Å². The van der Waals surface area contributed by atoms with Gasteiger partial charge in [0.15, 0.2) is 0 Å². The second-order valence-electron chi connectivity index (χ2n) is 6.00. The molecule has 3 N–H and O–H groups in total. The Morgan fingerprint density at radius 3 is 2.14 bits per heavy atom. The minimum Gasteiger partial charge on any atom is -0.478 e. The summed E-state index contributed by atoms with van der Waals surface area (Å²) in [6.45, 7) is 3.01. The minimum absolute atomic E-state index is 0.0186. The third-order valence-corrected chi connectivity index (χ3v) is 4.17. The molecule has 0 saturated carbocycles. The zero-order valence-electron chi connectivity index (χ0n) is 15.7. The molecule has 0 unspecified atom stereocenters. The molecule has 1 fully saturated rings. The molecule has 154 valence electrons. The lowest BCUT2D eigenvalue weighted by Crippen LogP contribution is -2.36. The number of carboxylic acid groups (broad SMARTS) is 2. The molecule has 0 atom stereocenters. The minimum atomic E-state index is -1.13. The number of nitrogens with zero attached hydrogens (tertiary/aromatic N) is 2. The van der Waals surface area contributed by atoms with E-state index in [1.165, 1.54) is 24.3 Å². The van der Waals surface area contributed by atoms with E-state index in [1.54, 1.807) is 19.2 Å². The van der Waals surface area contributed by atoms with Gasteiger partial charge in [-0.25, -0.2) is 9.59 Å². The van der Waals surface area contributed by atoms with Crippen LogP contribution in [0.3, 0.4) is 0 Å². The fourth-order valence-corrected chi connectivity index (χ4v) is 2.70. The van der Waals surface area contributed by atoms with E-state index in [0.29, 0.717) is 13.2 Å². The average Bonchev–Trinajstić information content (AvgIpc) is 2.74. The fourth-order valence-electron chi connectivity index (χ4n) is 2.70. The zero-order valence-corrected chi connectivity index (χ0v) is 15.7. The summed E-state index contributed by atoms with van der Waals surface area (Å²) in [7, 11) is 1.77.